The normalized spacial score (nSPS) is 10.4. The van der Waals surface area contributed by atoms with Crippen LogP contribution < -0.4 is 0 Å². The average molecular weight is 304 g/mol. The van der Waals surface area contributed by atoms with Crippen molar-refractivity contribution >= 4 is 11.6 Å². The number of benzene rings is 1. The van der Waals surface area contributed by atoms with Gasteiger partial charge >= 0.3 is 0 Å². The van der Waals surface area contributed by atoms with E-state index in [9.17, 15) is 14.9 Å². The second-order valence-corrected chi connectivity index (χ2v) is 4.61. The molecule has 0 N–H and O–H groups in total. The molecule has 0 atom stereocenters. The van der Waals surface area contributed by atoms with Crippen molar-refractivity contribution < 1.29 is 18.9 Å². The van der Waals surface area contributed by atoms with Crippen LogP contribution >= 0.6 is 0 Å². The van der Waals surface area contributed by atoms with Gasteiger partial charge in [0.25, 0.3) is 11.6 Å². The molecule has 2 rings (SSSR count). The number of hydrogen-bond donors (Lipinski definition) is 0. The summed E-state index contributed by atoms with van der Waals surface area (Å²) in [4.78, 5) is 24.4. The van der Waals surface area contributed by atoms with E-state index in [1.165, 1.54) is 29.4 Å². The Balaban J connectivity index is 2.20. The molecule has 0 aliphatic rings. The first-order valence-corrected chi connectivity index (χ1v) is 6.67. The Morgan fingerprint density at radius 2 is 2.18 bits per heavy atom. The van der Waals surface area contributed by atoms with E-state index in [4.69, 9.17) is 9.15 Å². The molecule has 0 saturated heterocycles. The number of amides is 1. The monoisotopic (exact) mass is 304 g/mol. The van der Waals surface area contributed by atoms with E-state index in [2.05, 4.69) is 0 Å². The highest BCUT2D eigenvalue weighted by molar-refractivity contribution is 5.94. The average Bonchev–Trinajstić information content (AvgIpc) is 3.04. The van der Waals surface area contributed by atoms with Gasteiger partial charge < -0.3 is 14.1 Å². The second-order valence-electron chi connectivity index (χ2n) is 4.61. The van der Waals surface area contributed by atoms with Gasteiger partial charge in [-0.1, -0.05) is 6.07 Å². The van der Waals surface area contributed by atoms with E-state index in [1.807, 2.05) is 0 Å². The highest BCUT2D eigenvalue weighted by atomic mass is 16.6. The first-order chi connectivity index (χ1) is 10.6. The highest BCUT2D eigenvalue weighted by Gasteiger charge is 2.19. The molecule has 0 radical (unpaired) electrons. The van der Waals surface area contributed by atoms with Crippen LogP contribution in [0.1, 0.15) is 16.1 Å². The number of rotatable bonds is 7. The number of furan rings is 1. The lowest BCUT2D eigenvalue weighted by Gasteiger charge is -2.21. The number of nitrogens with zero attached hydrogens (tertiary/aromatic N) is 2. The Morgan fingerprint density at radius 1 is 1.36 bits per heavy atom. The van der Waals surface area contributed by atoms with Crippen molar-refractivity contribution in [3.8, 4) is 0 Å². The van der Waals surface area contributed by atoms with E-state index in [0.717, 1.165) is 0 Å². The molecule has 1 aromatic heterocycles. The Labute approximate surface area is 127 Å². The van der Waals surface area contributed by atoms with Crippen molar-refractivity contribution in [2.45, 2.75) is 6.54 Å². The zero-order valence-corrected chi connectivity index (χ0v) is 12.1. The molecule has 0 unspecified atom stereocenters. The summed E-state index contributed by atoms with van der Waals surface area (Å²) in [7, 11) is 1.54. The number of non-ortho nitro benzene ring substituents is 1. The molecule has 0 spiro atoms. The quantitative estimate of drug-likeness (QED) is 0.579. The predicted molar refractivity (Wildman–Crippen MR) is 78.4 cm³/mol. The topological polar surface area (TPSA) is 85.8 Å². The van der Waals surface area contributed by atoms with E-state index in [-0.39, 0.29) is 23.7 Å². The number of nitro groups is 1. The Hall–Kier alpha value is -2.67. The molecule has 0 saturated carbocycles. The second kappa shape index (κ2) is 7.37. The van der Waals surface area contributed by atoms with Gasteiger partial charge in [0, 0.05) is 31.4 Å². The maximum Gasteiger partial charge on any atom is 0.270 e. The first-order valence-electron chi connectivity index (χ1n) is 6.67. The molecular formula is C15H16N2O5. The fourth-order valence-electron chi connectivity index (χ4n) is 1.98. The third kappa shape index (κ3) is 3.92. The van der Waals surface area contributed by atoms with Gasteiger partial charge in [-0.2, -0.15) is 0 Å². The summed E-state index contributed by atoms with van der Waals surface area (Å²) in [6.45, 7) is 0.998. The lowest BCUT2D eigenvalue weighted by atomic mass is 10.1. The standard InChI is InChI=1S/C15H16N2O5/c1-21-9-7-16(11-14-6-3-8-22-14)15(18)12-4-2-5-13(10-12)17(19)20/h2-6,8,10H,7,9,11H2,1H3. The van der Waals surface area contributed by atoms with Crippen LogP contribution in [0.25, 0.3) is 0 Å². The predicted octanol–water partition coefficient (Wildman–Crippen LogP) is 2.48. The molecule has 7 heteroatoms. The van der Waals surface area contributed by atoms with Gasteiger partial charge in [0.2, 0.25) is 0 Å². The SMILES string of the molecule is COCCN(Cc1ccco1)C(=O)c1cccc([N+](=O)[O-])c1. The number of carbonyl (C=O) groups is 1. The molecule has 1 heterocycles. The van der Waals surface area contributed by atoms with Crippen molar-refractivity contribution in [2.24, 2.45) is 0 Å². The number of carbonyl (C=O) groups excluding carboxylic acids is 1. The molecule has 0 aliphatic carbocycles. The van der Waals surface area contributed by atoms with Gasteiger partial charge in [-0.3, -0.25) is 14.9 Å². The lowest BCUT2D eigenvalue weighted by molar-refractivity contribution is -0.384. The molecule has 1 amide bonds. The summed E-state index contributed by atoms with van der Waals surface area (Å²) < 4.78 is 10.3. The molecular weight excluding hydrogens is 288 g/mol. The summed E-state index contributed by atoms with van der Waals surface area (Å²) >= 11 is 0. The van der Waals surface area contributed by atoms with Gasteiger partial charge in [-0.25, -0.2) is 0 Å². The van der Waals surface area contributed by atoms with Gasteiger partial charge in [0.15, 0.2) is 0 Å². The molecule has 2 aromatic rings. The van der Waals surface area contributed by atoms with Crippen LogP contribution in [0.2, 0.25) is 0 Å². The van der Waals surface area contributed by atoms with Crippen LogP contribution in [0.5, 0.6) is 0 Å². The van der Waals surface area contributed by atoms with Crippen LogP contribution in [-0.4, -0.2) is 36.0 Å². The number of hydrogen-bond acceptors (Lipinski definition) is 5. The fraction of sp³-hybridized carbons (Fsp3) is 0.267. The zero-order valence-electron chi connectivity index (χ0n) is 12.1. The van der Waals surface area contributed by atoms with E-state index < -0.39 is 4.92 Å². The Morgan fingerprint density at radius 3 is 2.82 bits per heavy atom. The zero-order chi connectivity index (χ0) is 15.9. The van der Waals surface area contributed by atoms with Crippen LogP contribution in [0.15, 0.2) is 47.1 Å². The number of ether oxygens (including phenoxy) is 1. The third-order valence-corrected chi connectivity index (χ3v) is 3.08. The van der Waals surface area contributed by atoms with Crippen LogP contribution in [0.4, 0.5) is 5.69 Å². The van der Waals surface area contributed by atoms with Crippen molar-refractivity contribution in [2.75, 3.05) is 20.3 Å². The van der Waals surface area contributed by atoms with Crippen LogP contribution in [-0.2, 0) is 11.3 Å². The molecule has 0 bridgehead atoms. The summed E-state index contributed by atoms with van der Waals surface area (Å²) in [5.41, 5.74) is 0.146. The Bertz CT molecular complexity index is 639. The molecule has 0 aliphatic heterocycles. The highest BCUT2D eigenvalue weighted by Crippen LogP contribution is 2.16. The molecule has 1 aromatic carbocycles. The maximum absolute atomic E-state index is 12.6. The van der Waals surface area contributed by atoms with Gasteiger partial charge in [-0.05, 0) is 18.2 Å². The minimum Gasteiger partial charge on any atom is -0.467 e. The largest absolute Gasteiger partial charge is 0.467 e. The lowest BCUT2D eigenvalue weighted by Crippen LogP contribution is -2.33. The summed E-state index contributed by atoms with van der Waals surface area (Å²) in [5.74, 6) is 0.326. The number of nitro benzene ring substituents is 1. The van der Waals surface area contributed by atoms with E-state index >= 15 is 0 Å². The van der Waals surface area contributed by atoms with Crippen molar-refractivity contribution in [1.29, 1.82) is 0 Å². The fourth-order valence-corrected chi connectivity index (χ4v) is 1.98. The van der Waals surface area contributed by atoms with Gasteiger partial charge in [-0.15, -0.1) is 0 Å². The molecule has 116 valence electrons. The summed E-state index contributed by atoms with van der Waals surface area (Å²) in [6, 6.07) is 9.17. The van der Waals surface area contributed by atoms with E-state index in [1.54, 1.807) is 25.3 Å². The summed E-state index contributed by atoms with van der Waals surface area (Å²) in [5, 5.41) is 10.8. The van der Waals surface area contributed by atoms with Crippen LogP contribution in [0.3, 0.4) is 0 Å². The van der Waals surface area contributed by atoms with Crippen molar-refractivity contribution in [1.82, 2.24) is 4.90 Å². The smallest absolute Gasteiger partial charge is 0.270 e. The number of methoxy groups -OCH3 is 1. The van der Waals surface area contributed by atoms with Gasteiger partial charge in [0.05, 0.1) is 24.3 Å². The van der Waals surface area contributed by atoms with E-state index in [0.29, 0.717) is 18.9 Å². The van der Waals surface area contributed by atoms with Crippen molar-refractivity contribution in [3.05, 3.63) is 64.1 Å². The van der Waals surface area contributed by atoms with Crippen molar-refractivity contribution in [3.63, 3.8) is 0 Å². The minimum absolute atomic E-state index is 0.115. The van der Waals surface area contributed by atoms with Gasteiger partial charge in [0.1, 0.15) is 5.76 Å². The molecule has 22 heavy (non-hydrogen) atoms. The van der Waals surface area contributed by atoms with Crippen LogP contribution in [0, 0.1) is 10.1 Å². The minimum atomic E-state index is -0.525. The Kier molecular flexibility index (Phi) is 5.26. The maximum atomic E-state index is 12.6. The first kappa shape index (κ1) is 15.7. The molecule has 7 nitrogen and oxygen atoms in total. The third-order valence-electron chi connectivity index (χ3n) is 3.08. The molecule has 0 fully saturated rings. The summed E-state index contributed by atoms with van der Waals surface area (Å²) in [6.07, 6.45) is 1.53.